The van der Waals surface area contributed by atoms with Crippen molar-refractivity contribution in [3.63, 3.8) is 0 Å². The number of rotatable bonds is 4. The van der Waals surface area contributed by atoms with Crippen LogP contribution in [0.3, 0.4) is 0 Å². The maximum absolute atomic E-state index is 11.8. The van der Waals surface area contributed by atoms with Crippen molar-refractivity contribution in [1.29, 1.82) is 0 Å². The predicted octanol–water partition coefficient (Wildman–Crippen LogP) is 2.56. The monoisotopic (exact) mass is 311 g/mol. The van der Waals surface area contributed by atoms with Gasteiger partial charge >= 0.3 is 0 Å². The molecular formula is C15H25N3O2S. The Morgan fingerprint density at radius 1 is 1.33 bits per heavy atom. The fourth-order valence-corrected chi connectivity index (χ4v) is 3.89. The van der Waals surface area contributed by atoms with Crippen LogP contribution in [0.2, 0.25) is 0 Å². The van der Waals surface area contributed by atoms with E-state index >= 15 is 0 Å². The minimum Gasteiger partial charge on any atom is -0.398 e. The van der Waals surface area contributed by atoms with Gasteiger partial charge in [-0.2, -0.15) is 0 Å². The Morgan fingerprint density at radius 3 is 2.62 bits per heavy atom. The number of nitrogen functional groups attached to an aromatic ring is 1. The average molecular weight is 311 g/mol. The zero-order chi connectivity index (χ0) is 15.7. The quantitative estimate of drug-likeness (QED) is 0.746. The minimum absolute atomic E-state index is 0.125. The molecule has 2 rings (SSSR count). The topological polar surface area (TPSA) is 84.2 Å². The molecule has 0 radical (unpaired) electrons. The van der Waals surface area contributed by atoms with Gasteiger partial charge in [0, 0.05) is 11.7 Å². The summed E-state index contributed by atoms with van der Waals surface area (Å²) in [5.74, 6) is 0. The van der Waals surface area contributed by atoms with Gasteiger partial charge in [0.1, 0.15) is 4.90 Å². The molecule has 1 atom stereocenters. The SMILES string of the molecule is CNS(=O)(=O)c1ccc(NC2CCCC(C)(C)C2)cc1N. The third kappa shape index (κ3) is 3.89. The van der Waals surface area contributed by atoms with Crippen LogP contribution in [0.5, 0.6) is 0 Å². The second kappa shape index (κ2) is 5.85. The maximum atomic E-state index is 11.8. The van der Waals surface area contributed by atoms with Gasteiger partial charge in [0.05, 0.1) is 5.69 Å². The summed E-state index contributed by atoms with van der Waals surface area (Å²) in [6, 6.07) is 5.45. The molecule has 0 bridgehead atoms. The number of anilines is 2. The average Bonchev–Trinajstić information content (AvgIpc) is 2.37. The van der Waals surface area contributed by atoms with Crippen LogP contribution < -0.4 is 15.8 Å². The van der Waals surface area contributed by atoms with Gasteiger partial charge in [-0.1, -0.05) is 20.3 Å². The first-order chi connectivity index (χ1) is 9.73. The molecule has 1 saturated carbocycles. The fraction of sp³-hybridized carbons (Fsp3) is 0.600. The van der Waals surface area contributed by atoms with Crippen molar-refractivity contribution < 1.29 is 8.42 Å². The smallest absolute Gasteiger partial charge is 0.242 e. The van der Waals surface area contributed by atoms with E-state index in [1.54, 1.807) is 18.2 Å². The van der Waals surface area contributed by atoms with Crippen LogP contribution in [-0.2, 0) is 10.0 Å². The highest BCUT2D eigenvalue weighted by Gasteiger charge is 2.28. The number of nitrogens with one attached hydrogen (secondary N) is 2. The molecule has 0 aromatic heterocycles. The third-order valence-electron chi connectivity index (χ3n) is 4.14. The second-order valence-electron chi connectivity index (χ2n) is 6.56. The first kappa shape index (κ1) is 16.1. The van der Waals surface area contributed by atoms with E-state index in [1.165, 1.54) is 19.9 Å². The standard InChI is InChI=1S/C15H25N3O2S/c1-15(2)8-4-5-12(10-15)18-11-6-7-14(13(16)9-11)21(19,20)17-3/h6-7,9,12,17-18H,4-5,8,10,16H2,1-3H3. The molecule has 4 N–H and O–H groups in total. The van der Waals surface area contributed by atoms with Crippen molar-refractivity contribution in [3.05, 3.63) is 18.2 Å². The van der Waals surface area contributed by atoms with Crippen LogP contribution in [0.25, 0.3) is 0 Å². The van der Waals surface area contributed by atoms with Crippen LogP contribution in [0.1, 0.15) is 39.5 Å². The molecule has 0 spiro atoms. The van der Waals surface area contributed by atoms with Gasteiger partial charge in [0.25, 0.3) is 0 Å². The van der Waals surface area contributed by atoms with Gasteiger partial charge < -0.3 is 11.1 Å². The Hall–Kier alpha value is -1.27. The Kier molecular flexibility index (Phi) is 4.49. The summed E-state index contributed by atoms with van der Waals surface area (Å²) < 4.78 is 25.9. The van der Waals surface area contributed by atoms with E-state index in [1.807, 2.05) is 0 Å². The molecule has 1 fully saturated rings. The van der Waals surface area contributed by atoms with E-state index in [2.05, 4.69) is 23.9 Å². The summed E-state index contributed by atoms with van der Waals surface area (Å²) in [6.07, 6.45) is 4.72. The molecule has 1 aromatic carbocycles. The van der Waals surface area contributed by atoms with E-state index in [0.717, 1.165) is 18.5 Å². The fourth-order valence-electron chi connectivity index (χ4n) is 3.05. The number of sulfonamides is 1. The van der Waals surface area contributed by atoms with E-state index in [4.69, 9.17) is 5.73 Å². The molecule has 0 aliphatic heterocycles. The third-order valence-corrected chi connectivity index (χ3v) is 5.63. The predicted molar refractivity (Wildman–Crippen MR) is 86.8 cm³/mol. The van der Waals surface area contributed by atoms with Gasteiger partial charge in [-0.15, -0.1) is 0 Å². The molecule has 0 heterocycles. The Labute approximate surface area is 127 Å². The number of benzene rings is 1. The summed E-state index contributed by atoms with van der Waals surface area (Å²) >= 11 is 0. The van der Waals surface area contributed by atoms with Gasteiger partial charge in [0.2, 0.25) is 10.0 Å². The molecule has 1 aromatic rings. The van der Waals surface area contributed by atoms with E-state index in [0.29, 0.717) is 11.5 Å². The lowest BCUT2D eigenvalue weighted by molar-refractivity contribution is 0.229. The highest BCUT2D eigenvalue weighted by molar-refractivity contribution is 7.89. The molecule has 1 aliphatic carbocycles. The maximum Gasteiger partial charge on any atom is 0.242 e. The van der Waals surface area contributed by atoms with Crippen LogP contribution in [-0.4, -0.2) is 21.5 Å². The summed E-state index contributed by atoms with van der Waals surface area (Å²) in [6.45, 7) is 4.58. The number of hydrogen-bond acceptors (Lipinski definition) is 4. The van der Waals surface area contributed by atoms with Crippen molar-refractivity contribution in [2.75, 3.05) is 18.1 Å². The zero-order valence-electron chi connectivity index (χ0n) is 12.9. The normalized spacial score (nSPS) is 22.0. The van der Waals surface area contributed by atoms with E-state index < -0.39 is 10.0 Å². The molecule has 1 unspecified atom stereocenters. The number of nitrogens with two attached hydrogens (primary N) is 1. The summed E-state index contributed by atoms with van der Waals surface area (Å²) in [7, 11) is -2.12. The molecule has 0 saturated heterocycles. The van der Waals surface area contributed by atoms with Crippen LogP contribution in [0.15, 0.2) is 23.1 Å². The zero-order valence-corrected chi connectivity index (χ0v) is 13.8. The molecular weight excluding hydrogens is 286 g/mol. The van der Waals surface area contributed by atoms with Crippen molar-refractivity contribution >= 4 is 21.4 Å². The molecule has 6 heteroatoms. The van der Waals surface area contributed by atoms with Gasteiger partial charge in [-0.05, 0) is 49.9 Å². The van der Waals surface area contributed by atoms with Crippen LogP contribution >= 0.6 is 0 Å². The Balaban J connectivity index is 2.14. The number of hydrogen-bond donors (Lipinski definition) is 3. The minimum atomic E-state index is -3.50. The second-order valence-corrected chi connectivity index (χ2v) is 8.42. The summed E-state index contributed by atoms with van der Waals surface area (Å²) in [5.41, 5.74) is 7.39. The van der Waals surface area contributed by atoms with Gasteiger partial charge in [-0.25, -0.2) is 13.1 Å². The van der Waals surface area contributed by atoms with Crippen LogP contribution in [0.4, 0.5) is 11.4 Å². The van der Waals surface area contributed by atoms with Crippen molar-refractivity contribution in [3.8, 4) is 0 Å². The van der Waals surface area contributed by atoms with Crippen molar-refractivity contribution in [2.24, 2.45) is 5.41 Å². The van der Waals surface area contributed by atoms with Crippen molar-refractivity contribution in [2.45, 2.75) is 50.5 Å². The van der Waals surface area contributed by atoms with E-state index in [9.17, 15) is 8.42 Å². The largest absolute Gasteiger partial charge is 0.398 e. The van der Waals surface area contributed by atoms with Crippen molar-refractivity contribution in [1.82, 2.24) is 4.72 Å². The van der Waals surface area contributed by atoms with Gasteiger partial charge in [0.15, 0.2) is 0 Å². The first-order valence-corrected chi connectivity index (χ1v) is 8.81. The lowest BCUT2D eigenvalue weighted by Gasteiger charge is -2.36. The molecule has 118 valence electrons. The summed E-state index contributed by atoms with van der Waals surface area (Å²) in [5, 5.41) is 3.48. The molecule has 5 nitrogen and oxygen atoms in total. The molecule has 1 aliphatic rings. The Morgan fingerprint density at radius 2 is 2.05 bits per heavy atom. The molecule has 0 amide bonds. The van der Waals surface area contributed by atoms with Crippen LogP contribution in [0, 0.1) is 5.41 Å². The first-order valence-electron chi connectivity index (χ1n) is 7.33. The van der Waals surface area contributed by atoms with E-state index in [-0.39, 0.29) is 10.6 Å². The molecule has 21 heavy (non-hydrogen) atoms. The summed E-state index contributed by atoms with van der Waals surface area (Å²) in [4.78, 5) is 0.125. The highest BCUT2D eigenvalue weighted by Crippen LogP contribution is 2.36. The highest BCUT2D eigenvalue weighted by atomic mass is 32.2. The van der Waals surface area contributed by atoms with Gasteiger partial charge in [-0.3, -0.25) is 0 Å². The lowest BCUT2D eigenvalue weighted by atomic mass is 9.75. The lowest BCUT2D eigenvalue weighted by Crippen LogP contribution is -2.31. The Bertz CT molecular complexity index is 611.